The van der Waals surface area contributed by atoms with Gasteiger partial charge in [-0.25, -0.2) is 0 Å². The predicted molar refractivity (Wildman–Crippen MR) is 82.3 cm³/mol. The lowest BCUT2D eigenvalue weighted by Gasteiger charge is -2.18. The van der Waals surface area contributed by atoms with Gasteiger partial charge >= 0.3 is 0 Å². The molecule has 6 heteroatoms. The fourth-order valence-corrected chi connectivity index (χ4v) is 3.56. The van der Waals surface area contributed by atoms with Crippen LogP contribution < -0.4 is 0 Å². The third-order valence-electron chi connectivity index (χ3n) is 3.32. The molecule has 1 amide bonds. The summed E-state index contributed by atoms with van der Waals surface area (Å²) in [5, 5.41) is 0. The maximum absolute atomic E-state index is 12.4. The van der Waals surface area contributed by atoms with Gasteiger partial charge in [0, 0.05) is 12.7 Å². The molecule has 1 aromatic heterocycles. The van der Waals surface area contributed by atoms with E-state index in [2.05, 4.69) is 0 Å². The predicted octanol–water partition coefficient (Wildman–Crippen LogP) is 2.97. The summed E-state index contributed by atoms with van der Waals surface area (Å²) >= 11 is 6.61. The van der Waals surface area contributed by atoms with Crippen LogP contribution in [0, 0.1) is 6.92 Å². The van der Waals surface area contributed by atoms with E-state index in [9.17, 15) is 4.79 Å². The third kappa shape index (κ3) is 2.82. The van der Waals surface area contributed by atoms with Crippen molar-refractivity contribution >= 4 is 40.3 Å². The molecule has 1 aromatic rings. The van der Waals surface area contributed by atoms with Crippen molar-refractivity contribution in [3.05, 3.63) is 28.6 Å². The Kier molecular flexibility index (Phi) is 3.96. The number of aryl methyl sites for hydroxylation is 1. The Bertz CT molecular complexity index is 573. The summed E-state index contributed by atoms with van der Waals surface area (Å²) in [5.74, 6) is 1.45. The lowest BCUT2D eigenvalue weighted by Crippen LogP contribution is -2.35. The lowest BCUT2D eigenvalue weighted by atomic mass is 10.2. The largest absolute Gasteiger partial charge is 0.462 e. The van der Waals surface area contributed by atoms with Crippen molar-refractivity contribution < 1.29 is 13.9 Å². The van der Waals surface area contributed by atoms with Crippen molar-refractivity contribution in [2.45, 2.75) is 25.9 Å². The number of nitrogens with zero attached hydrogens (tertiary/aromatic N) is 1. The molecule has 2 aliphatic rings. The molecule has 2 aliphatic heterocycles. The van der Waals surface area contributed by atoms with Crippen molar-refractivity contribution in [2.75, 3.05) is 13.2 Å². The molecule has 2 saturated heterocycles. The van der Waals surface area contributed by atoms with Gasteiger partial charge in [0.15, 0.2) is 0 Å². The monoisotopic (exact) mass is 309 g/mol. The second-order valence-corrected chi connectivity index (χ2v) is 6.55. The molecule has 20 heavy (non-hydrogen) atoms. The van der Waals surface area contributed by atoms with E-state index in [0.29, 0.717) is 21.5 Å². The first-order valence-corrected chi connectivity index (χ1v) is 7.79. The molecule has 0 radical (unpaired) electrons. The van der Waals surface area contributed by atoms with Crippen LogP contribution in [-0.2, 0) is 9.53 Å². The van der Waals surface area contributed by atoms with Gasteiger partial charge in [-0.2, -0.15) is 0 Å². The molecule has 3 rings (SSSR count). The normalized spacial score (nSPS) is 25.1. The quantitative estimate of drug-likeness (QED) is 0.634. The molecule has 1 atom stereocenters. The van der Waals surface area contributed by atoms with Crippen LogP contribution in [0.3, 0.4) is 0 Å². The molecule has 3 heterocycles. The van der Waals surface area contributed by atoms with Crippen LogP contribution in [0.1, 0.15) is 24.4 Å². The Morgan fingerprint density at radius 1 is 1.55 bits per heavy atom. The molecule has 0 aromatic carbocycles. The van der Waals surface area contributed by atoms with E-state index in [0.717, 1.165) is 25.2 Å². The summed E-state index contributed by atoms with van der Waals surface area (Å²) in [5.41, 5.74) is 0. The summed E-state index contributed by atoms with van der Waals surface area (Å²) in [6.45, 7) is 3.21. The average Bonchev–Trinajstić information content (AvgIpc) is 3.10. The van der Waals surface area contributed by atoms with Gasteiger partial charge in [0.2, 0.25) is 0 Å². The van der Waals surface area contributed by atoms with Gasteiger partial charge in [0.1, 0.15) is 15.8 Å². The second-order valence-electron chi connectivity index (χ2n) is 4.88. The molecule has 0 bridgehead atoms. The van der Waals surface area contributed by atoms with Crippen molar-refractivity contribution in [3.8, 4) is 0 Å². The Morgan fingerprint density at radius 2 is 2.40 bits per heavy atom. The molecule has 0 saturated carbocycles. The molecule has 0 aliphatic carbocycles. The van der Waals surface area contributed by atoms with Gasteiger partial charge in [-0.15, -0.1) is 0 Å². The van der Waals surface area contributed by atoms with E-state index in [1.807, 2.05) is 19.1 Å². The zero-order valence-corrected chi connectivity index (χ0v) is 12.8. The highest BCUT2D eigenvalue weighted by atomic mass is 32.2. The number of carbonyl (C=O) groups is 1. The topological polar surface area (TPSA) is 42.7 Å². The van der Waals surface area contributed by atoms with Crippen LogP contribution in [0.15, 0.2) is 21.5 Å². The van der Waals surface area contributed by atoms with E-state index in [1.54, 1.807) is 11.0 Å². The van der Waals surface area contributed by atoms with Gasteiger partial charge in [-0.3, -0.25) is 9.69 Å². The number of carbonyl (C=O) groups excluding carboxylic acids is 1. The summed E-state index contributed by atoms with van der Waals surface area (Å²) in [6, 6.07) is 3.72. The van der Waals surface area contributed by atoms with Crippen LogP contribution in [0.4, 0.5) is 0 Å². The highest BCUT2D eigenvalue weighted by molar-refractivity contribution is 8.26. The van der Waals surface area contributed by atoms with Gasteiger partial charge in [0.25, 0.3) is 5.91 Å². The second kappa shape index (κ2) is 5.71. The van der Waals surface area contributed by atoms with Crippen LogP contribution in [-0.4, -0.2) is 34.4 Å². The van der Waals surface area contributed by atoms with E-state index >= 15 is 0 Å². The summed E-state index contributed by atoms with van der Waals surface area (Å²) < 4.78 is 11.6. The van der Waals surface area contributed by atoms with Crippen molar-refractivity contribution in [1.29, 1.82) is 0 Å². The zero-order chi connectivity index (χ0) is 14.1. The van der Waals surface area contributed by atoms with Crippen molar-refractivity contribution in [3.63, 3.8) is 0 Å². The van der Waals surface area contributed by atoms with Crippen molar-refractivity contribution in [2.24, 2.45) is 0 Å². The molecular formula is C14H15NO3S2. The minimum absolute atomic E-state index is 0.0513. The van der Waals surface area contributed by atoms with Crippen molar-refractivity contribution in [1.82, 2.24) is 4.90 Å². The van der Waals surface area contributed by atoms with Crippen LogP contribution in [0.5, 0.6) is 0 Å². The van der Waals surface area contributed by atoms with Gasteiger partial charge in [-0.1, -0.05) is 24.0 Å². The Morgan fingerprint density at radius 3 is 3.05 bits per heavy atom. The summed E-state index contributed by atoms with van der Waals surface area (Å²) in [7, 11) is 0. The average molecular weight is 309 g/mol. The van der Waals surface area contributed by atoms with Crippen LogP contribution in [0.25, 0.3) is 6.08 Å². The first kappa shape index (κ1) is 13.9. The minimum atomic E-state index is -0.0513. The van der Waals surface area contributed by atoms with E-state index in [4.69, 9.17) is 21.4 Å². The summed E-state index contributed by atoms with van der Waals surface area (Å²) in [6.07, 6.45) is 3.92. The number of thioether (sulfide) groups is 1. The number of thiocarbonyl (C=S) groups is 1. The van der Waals surface area contributed by atoms with Gasteiger partial charge in [-0.05, 0) is 31.9 Å². The number of rotatable bonds is 3. The highest BCUT2D eigenvalue weighted by Gasteiger charge is 2.34. The Balaban J connectivity index is 1.74. The molecule has 0 spiro atoms. The van der Waals surface area contributed by atoms with E-state index < -0.39 is 0 Å². The molecule has 106 valence electrons. The SMILES string of the molecule is Cc1ccc(/C=C2/SC(=S)N(C[C@H]3CCCO3)C2=O)o1. The van der Waals surface area contributed by atoms with Gasteiger partial charge in [0.05, 0.1) is 17.6 Å². The maximum Gasteiger partial charge on any atom is 0.266 e. The first-order valence-electron chi connectivity index (χ1n) is 6.57. The number of amides is 1. The zero-order valence-electron chi connectivity index (χ0n) is 11.1. The Hall–Kier alpha value is -1.11. The number of hydrogen-bond donors (Lipinski definition) is 0. The Labute approximate surface area is 127 Å². The number of hydrogen-bond acceptors (Lipinski definition) is 5. The van der Waals surface area contributed by atoms with Gasteiger partial charge < -0.3 is 9.15 Å². The van der Waals surface area contributed by atoms with Crippen LogP contribution in [0.2, 0.25) is 0 Å². The fourth-order valence-electron chi connectivity index (χ4n) is 2.31. The lowest BCUT2D eigenvalue weighted by molar-refractivity contribution is -0.123. The first-order chi connectivity index (χ1) is 9.63. The number of furan rings is 1. The fraction of sp³-hybridized carbons (Fsp3) is 0.429. The highest BCUT2D eigenvalue weighted by Crippen LogP contribution is 2.33. The maximum atomic E-state index is 12.4. The standard InChI is InChI=1S/C14H15NO3S2/c1-9-4-5-10(18-9)7-12-13(16)15(14(19)20-12)8-11-3-2-6-17-11/h4-5,7,11H,2-3,6,8H2,1H3/b12-7+/t11-/m1/s1. The molecule has 2 fully saturated rings. The molecule has 0 N–H and O–H groups in total. The third-order valence-corrected chi connectivity index (χ3v) is 4.70. The molecular weight excluding hydrogens is 294 g/mol. The minimum Gasteiger partial charge on any atom is -0.462 e. The molecule has 4 nitrogen and oxygen atoms in total. The van der Waals surface area contributed by atoms with E-state index in [-0.39, 0.29) is 12.0 Å². The van der Waals surface area contributed by atoms with Crippen LogP contribution >= 0.6 is 24.0 Å². The smallest absolute Gasteiger partial charge is 0.266 e. The molecule has 0 unspecified atom stereocenters. The summed E-state index contributed by atoms with van der Waals surface area (Å²) in [4.78, 5) is 14.6. The van der Waals surface area contributed by atoms with E-state index in [1.165, 1.54) is 11.8 Å². The number of ether oxygens (including phenoxy) is 1.